The van der Waals surface area contributed by atoms with E-state index in [4.69, 9.17) is 0 Å². The van der Waals surface area contributed by atoms with E-state index in [1.54, 1.807) is 42.9 Å². The van der Waals surface area contributed by atoms with Crippen LogP contribution in [0.1, 0.15) is 6.42 Å². The molecule has 0 unspecified atom stereocenters. The van der Waals surface area contributed by atoms with Gasteiger partial charge in [-0.2, -0.15) is 0 Å². The van der Waals surface area contributed by atoms with E-state index in [0.717, 1.165) is 11.0 Å². The van der Waals surface area contributed by atoms with Crippen molar-refractivity contribution in [2.75, 3.05) is 11.9 Å². The van der Waals surface area contributed by atoms with Gasteiger partial charge in [-0.05, 0) is 36.4 Å². The monoisotopic (exact) mass is 421 g/mol. The molecule has 0 aliphatic rings. The van der Waals surface area contributed by atoms with Gasteiger partial charge in [-0.15, -0.1) is 0 Å². The van der Waals surface area contributed by atoms with Crippen LogP contribution in [0.15, 0.2) is 84.1 Å². The van der Waals surface area contributed by atoms with E-state index in [9.17, 15) is 13.2 Å². The van der Waals surface area contributed by atoms with E-state index in [1.165, 1.54) is 12.1 Å². The summed E-state index contributed by atoms with van der Waals surface area (Å²) in [6.07, 6.45) is 3.25. The van der Waals surface area contributed by atoms with Gasteiger partial charge in [0.1, 0.15) is 12.1 Å². The maximum absolute atomic E-state index is 12.2. The number of anilines is 1. The normalized spacial score (nSPS) is 11.5. The Hall–Kier alpha value is -3.56. The molecule has 4 rings (SSSR count). The van der Waals surface area contributed by atoms with E-state index in [-0.39, 0.29) is 23.8 Å². The minimum atomic E-state index is -3.63. The molecule has 0 aliphatic carbocycles. The lowest BCUT2D eigenvalue weighted by atomic mass is 10.3. The smallest absolute Gasteiger partial charge is 0.240 e. The van der Waals surface area contributed by atoms with Crippen molar-refractivity contribution in [3.63, 3.8) is 0 Å². The van der Waals surface area contributed by atoms with Gasteiger partial charge >= 0.3 is 0 Å². The van der Waals surface area contributed by atoms with Crippen molar-refractivity contribution in [1.82, 2.24) is 19.3 Å². The molecule has 4 aromatic rings. The molecule has 0 fully saturated rings. The second-order valence-corrected chi connectivity index (χ2v) is 8.28. The predicted molar refractivity (Wildman–Crippen MR) is 114 cm³/mol. The predicted octanol–water partition coefficient (Wildman–Crippen LogP) is 2.73. The van der Waals surface area contributed by atoms with Crippen LogP contribution in [0.3, 0.4) is 0 Å². The van der Waals surface area contributed by atoms with Crippen molar-refractivity contribution in [1.29, 1.82) is 0 Å². The summed E-state index contributed by atoms with van der Waals surface area (Å²) in [7, 11) is -3.63. The van der Waals surface area contributed by atoms with Gasteiger partial charge in [-0.25, -0.2) is 23.1 Å². The number of benzene rings is 2. The molecule has 0 saturated carbocycles. The Morgan fingerprint density at radius 3 is 2.47 bits per heavy atom. The number of hydrogen-bond acceptors (Lipinski definition) is 5. The van der Waals surface area contributed by atoms with E-state index < -0.39 is 10.0 Å². The molecule has 0 spiro atoms. The first-order valence-corrected chi connectivity index (χ1v) is 10.7. The van der Waals surface area contributed by atoms with E-state index in [1.807, 2.05) is 28.8 Å². The van der Waals surface area contributed by atoms with Crippen molar-refractivity contribution in [3.05, 3.63) is 79.3 Å². The molecule has 0 bridgehead atoms. The molecule has 0 atom stereocenters. The van der Waals surface area contributed by atoms with Crippen LogP contribution in [0.4, 0.5) is 5.69 Å². The summed E-state index contributed by atoms with van der Waals surface area (Å²) in [4.78, 5) is 21.0. The fourth-order valence-corrected chi connectivity index (χ4v) is 4.00. The Bertz CT molecular complexity index is 1270. The SMILES string of the molecule is O=C(CCNS(=O)(=O)c1ccccc1)Nc1ccc(-n2cnc3ccccc32)nc1. The molecule has 2 N–H and O–H groups in total. The molecule has 0 saturated heterocycles. The number of sulfonamides is 1. The third-order valence-electron chi connectivity index (χ3n) is 4.43. The molecule has 8 nitrogen and oxygen atoms in total. The lowest BCUT2D eigenvalue weighted by molar-refractivity contribution is -0.116. The minimum absolute atomic E-state index is 0.0000267. The molecule has 2 aromatic carbocycles. The van der Waals surface area contributed by atoms with E-state index in [2.05, 4.69) is 20.0 Å². The number of hydrogen-bond donors (Lipinski definition) is 2. The topological polar surface area (TPSA) is 106 Å². The second-order valence-electron chi connectivity index (χ2n) is 6.52. The average Bonchev–Trinajstić information content (AvgIpc) is 3.19. The lowest BCUT2D eigenvalue weighted by Gasteiger charge is -2.08. The highest BCUT2D eigenvalue weighted by molar-refractivity contribution is 7.89. The third-order valence-corrected chi connectivity index (χ3v) is 5.91. The number of para-hydroxylation sites is 2. The first-order chi connectivity index (χ1) is 14.5. The van der Waals surface area contributed by atoms with E-state index in [0.29, 0.717) is 11.5 Å². The Kier molecular flexibility index (Phi) is 5.55. The summed E-state index contributed by atoms with van der Waals surface area (Å²) < 4.78 is 28.6. The minimum Gasteiger partial charge on any atom is -0.325 e. The number of nitrogens with zero attached hydrogens (tertiary/aromatic N) is 3. The van der Waals surface area contributed by atoms with Crippen LogP contribution in [0.2, 0.25) is 0 Å². The van der Waals surface area contributed by atoms with Crippen molar-refractivity contribution < 1.29 is 13.2 Å². The largest absolute Gasteiger partial charge is 0.325 e. The van der Waals surface area contributed by atoms with Gasteiger partial charge < -0.3 is 5.32 Å². The van der Waals surface area contributed by atoms with Crippen LogP contribution in [0.5, 0.6) is 0 Å². The summed E-state index contributed by atoms with van der Waals surface area (Å²) >= 11 is 0. The van der Waals surface area contributed by atoms with Crippen LogP contribution in [0.25, 0.3) is 16.9 Å². The maximum atomic E-state index is 12.2. The zero-order chi connectivity index (χ0) is 21.0. The Morgan fingerprint density at radius 2 is 1.70 bits per heavy atom. The Balaban J connectivity index is 1.34. The molecule has 0 radical (unpaired) electrons. The summed E-state index contributed by atoms with van der Waals surface area (Å²) in [5.74, 6) is 0.366. The average molecular weight is 421 g/mol. The van der Waals surface area contributed by atoms with Crippen molar-refractivity contribution >= 4 is 32.7 Å². The quantitative estimate of drug-likeness (QED) is 0.477. The zero-order valence-electron chi connectivity index (χ0n) is 15.9. The van der Waals surface area contributed by atoms with Gasteiger partial charge in [0.25, 0.3) is 0 Å². The number of carbonyl (C=O) groups excluding carboxylic acids is 1. The first kappa shape index (κ1) is 19.7. The summed E-state index contributed by atoms with van der Waals surface area (Å²) in [6.45, 7) is -0.00437. The highest BCUT2D eigenvalue weighted by atomic mass is 32.2. The molecule has 152 valence electrons. The number of imidazole rings is 1. The molecule has 2 aromatic heterocycles. The molecule has 30 heavy (non-hydrogen) atoms. The number of pyridine rings is 1. The van der Waals surface area contributed by atoms with Crippen molar-refractivity contribution in [2.45, 2.75) is 11.3 Å². The number of rotatable bonds is 7. The molecular formula is C21H19N5O3S. The van der Waals surface area contributed by atoms with Gasteiger partial charge in [-0.3, -0.25) is 9.36 Å². The molecule has 2 heterocycles. The molecule has 0 aliphatic heterocycles. The molecule has 9 heteroatoms. The number of fused-ring (bicyclic) bond motifs is 1. The van der Waals surface area contributed by atoms with Gasteiger partial charge in [-0.1, -0.05) is 30.3 Å². The lowest BCUT2D eigenvalue weighted by Crippen LogP contribution is -2.27. The molecule has 1 amide bonds. The van der Waals surface area contributed by atoms with Crippen LogP contribution >= 0.6 is 0 Å². The summed E-state index contributed by atoms with van der Waals surface area (Å²) in [5, 5.41) is 2.72. The Morgan fingerprint density at radius 1 is 0.933 bits per heavy atom. The maximum Gasteiger partial charge on any atom is 0.240 e. The summed E-state index contributed by atoms with van der Waals surface area (Å²) in [6, 6.07) is 19.3. The zero-order valence-corrected chi connectivity index (χ0v) is 16.7. The van der Waals surface area contributed by atoms with Crippen LogP contribution in [0, 0.1) is 0 Å². The fraction of sp³-hybridized carbons (Fsp3) is 0.0952. The van der Waals surface area contributed by atoms with Gasteiger partial charge in [0.2, 0.25) is 15.9 Å². The summed E-state index contributed by atoms with van der Waals surface area (Å²) in [5.41, 5.74) is 2.33. The van der Waals surface area contributed by atoms with Crippen molar-refractivity contribution in [3.8, 4) is 5.82 Å². The fourth-order valence-electron chi connectivity index (χ4n) is 2.95. The number of amides is 1. The highest BCUT2D eigenvalue weighted by Gasteiger charge is 2.13. The van der Waals surface area contributed by atoms with E-state index >= 15 is 0 Å². The van der Waals surface area contributed by atoms with Crippen LogP contribution in [-0.2, 0) is 14.8 Å². The van der Waals surface area contributed by atoms with Crippen LogP contribution in [-0.4, -0.2) is 35.4 Å². The standard InChI is InChI=1S/C21H19N5O3S/c27-21(12-13-24-30(28,29)17-6-2-1-3-7-17)25-16-10-11-20(22-14-16)26-15-23-18-8-4-5-9-19(18)26/h1-11,14-15,24H,12-13H2,(H,25,27). The molecular weight excluding hydrogens is 402 g/mol. The van der Waals surface area contributed by atoms with Crippen LogP contribution < -0.4 is 10.0 Å². The third kappa shape index (κ3) is 4.37. The highest BCUT2D eigenvalue weighted by Crippen LogP contribution is 2.17. The van der Waals surface area contributed by atoms with Gasteiger partial charge in [0, 0.05) is 13.0 Å². The van der Waals surface area contributed by atoms with Gasteiger partial charge in [0.15, 0.2) is 0 Å². The number of carbonyl (C=O) groups is 1. The van der Waals surface area contributed by atoms with Crippen molar-refractivity contribution in [2.24, 2.45) is 0 Å². The first-order valence-electron chi connectivity index (χ1n) is 9.26. The second kappa shape index (κ2) is 8.44. The number of aromatic nitrogens is 3. The number of nitrogens with one attached hydrogen (secondary N) is 2. The Labute approximate surface area is 173 Å². The van der Waals surface area contributed by atoms with Gasteiger partial charge in [0.05, 0.1) is 27.8 Å².